The summed E-state index contributed by atoms with van der Waals surface area (Å²) in [7, 11) is -2.24. The molecule has 1 N–H and O–H groups in total. The van der Waals surface area contributed by atoms with Crippen LogP contribution in [-0.4, -0.2) is 44.9 Å². The van der Waals surface area contributed by atoms with Crippen LogP contribution in [0.1, 0.15) is 20.8 Å². The Morgan fingerprint density at radius 3 is 2.50 bits per heavy atom. The number of sulfonamides is 1. The molecule has 0 heterocycles. The summed E-state index contributed by atoms with van der Waals surface area (Å²) in [4.78, 5) is 11.9. The normalized spacial score (nSPS) is 11.8. The van der Waals surface area contributed by atoms with E-state index in [1.807, 2.05) is 13.8 Å². The number of hydrogen-bond acceptors (Lipinski definition) is 4. The maximum absolute atomic E-state index is 12.6. The van der Waals surface area contributed by atoms with Crippen LogP contribution in [0.25, 0.3) is 0 Å². The first-order valence-electron chi connectivity index (χ1n) is 6.85. The lowest BCUT2D eigenvalue weighted by atomic mass is 10.3. The van der Waals surface area contributed by atoms with Gasteiger partial charge in [-0.05, 0) is 48.0 Å². The van der Waals surface area contributed by atoms with Gasteiger partial charge >= 0.3 is 0 Å². The molecule has 124 valence electrons. The molecule has 0 unspecified atom stereocenters. The van der Waals surface area contributed by atoms with Gasteiger partial charge in [-0.25, -0.2) is 8.42 Å². The quantitative estimate of drug-likeness (QED) is 0.769. The lowest BCUT2D eigenvalue weighted by Gasteiger charge is -2.21. The Kier molecular flexibility index (Phi) is 6.83. The molecule has 6 nitrogen and oxygen atoms in total. The standard InChI is InChI=1S/C14H21BrN2O4S/c1-5-17(9-14(18)16-10(2)3)22(19,20)11-6-7-13(21-4)12(15)8-11/h6-8,10H,5,9H2,1-4H3,(H,16,18). The molecule has 0 atom stereocenters. The number of halogens is 1. The van der Waals surface area contributed by atoms with Crippen LogP contribution >= 0.6 is 15.9 Å². The molecule has 1 aromatic rings. The lowest BCUT2D eigenvalue weighted by molar-refractivity contribution is -0.121. The molecule has 0 spiro atoms. The van der Waals surface area contributed by atoms with E-state index in [4.69, 9.17) is 4.74 Å². The van der Waals surface area contributed by atoms with Crippen LogP contribution in [0.4, 0.5) is 0 Å². The van der Waals surface area contributed by atoms with Gasteiger partial charge in [0.15, 0.2) is 0 Å². The Bertz CT molecular complexity index is 632. The van der Waals surface area contributed by atoms with Gasteiger partial charge in [0.2, 0.25) is 15.9 Å². The van der Waals surface area contributed by atoms with Crippen LogP contribution in [0.2, 0.25) is 0 Å². The largest absolute Gasteiger partial charge is 0.496 e. The lowest BCUT2D eigenvalue weighted by Crippen LogP contribution is -2.42. The average molecular weight is 393 g/mol. The summed E-state index contributed by atoms with van der Waals surface area (Å²) in [6, 6.07) is 4.46. The van der Waals surface area contributed by atoms with E-state index in [1.165, 1.54) is 19.2 Å². The first-order chi connectivity index (χ1) is 10.2. The van der Waals surface area contributed by atoms with Crippen molar-refractivity contribution in [2.75, 3.05) is 20.2 Å². The van der Waals surface area contributed by atoms with E-state index in [2.05, 4.69) is 21.2 Å². The molecule has 8 heteroatoms. The Balaban J connectivity index is 3.04. The number of carbonyl (C=O) groups excluding carboxylic acids is 1. The predicted molar refractivity (Wildman–Crippen MR) is 88.4 cm³/mol. The highest BCUT2D eigenvalue weighted by molar-refractivity contribution is 9.10. The van der Waals surface area contributed by atoms with Gasteiger partial charge in [-0.2, -0.15) is 4.31 Å². The number of hydrogen-bond donors (Lipinski definition) is 1. The highest BCUT2D eigenvalue weighted by Crippen LogP contribution is 2.28. The van der Waals surface area contributed by atoms with Crippen molar-refractivity contribution in [3.63, 3.8) is 0 Å². The van der Waals surface area contributed by atoms with Crippen molar-refractivity contribution in [2.45, 2.75) is 31.7 Å². The van der Waals surface area contributed by atoms with E-state index in [1.54, 1.807) is 13.0 Å². The van der Waals surface area contributed by atoms with Crippen LogP contribution in [-0.2, 0) is 14.8 Å². The van der Waals surface area contributed by atoms with Gasteiger partial charge < -0.3 is 10.1 Å². The topological polar surface area (TPSA) is 75.7 Å². The molecular formula is C14H21BrN2O4S. The molecule has 1 amide bonds. The third-order valence-corrected chi connectivity index (χ3v) is 5.42. The molecule has 0 bridgehead atoms. The van der Waals surface area contributed by atoms with Crippen LogP contribution in [0, 0.1) is 0 Å². The number of carbonyl (C=O) groups is 1. The second-order valence-electron chi connectivity index (χ2n) is 4.95. The minimum atomic E-state index is -3.74. The molecule has 0 saturated carbocycles. The number of nitrogens with zero attached hydrogens (tertiary/aromatic N) is 1. The minimum absolute atomic E-state index is 0.0379. The number of methoxy groups -OCH3 is 1. The summed E-state index contributed by atoms with van der Waals surface area (Å²) in [5.41, 5.74) is 0. The second kappa shape index (κ2) is 7.94. The molecule has 0 fully saturated rings. The minimum Gasteiger partial charge on any atom is -0.496 e. The molecule has 0 radical (unpaired) electrons. The summed E-state index contributed by atoms with van der Waals surface area (Å²) in [5.74, 6) is 0.215. The third kappa shape index (κ3) is 4.69. The fourth-order valence-corrected chi connectivity index (χ4v) is 3.98. The summed E-state index contributed by atoms with van der Waals surface area (Å²) in [5, 5.41) is 2.69. The fourth-order valence-electron chi connectivity index (χ4n) is 1.85. The highest BCUT2D eigenvalue weighted by Gasteiger charge is 2.26. The van der Waals surface area contributed by atoms with E-state index in [-0.39, 0.29) is 29.9 Å². The van der Waals surface area contributed by atoms with Crippen LogP contribution < -0.4 is 10.1 Å². The van der Waals surface area contributed by atoms with Crippen molar-refractivity contribution in [1.29, 1.82) is 0 Å². The zero-order chi connectivity index (χ0) is 16.9. The third-order valence-electron chi connectivity index (χ3n) is 2.88. The molecular weight excluding hydrogens is 372 g/mol. The van der Waals surface area contributed by atoms with Gasteiger partial charge in [-0.3, -0.25) is 4.79 Å². The smallest absolute Gasteiger partial charge is 0.243 e. The Morgan fingerprint density at radius 1 is 1.41 bits per heavy atom. The molecule has 0 aliphatic rings. The van der Waals surface area contributed by atoms with Crippen LogP contribution in [0.3, 0.4) is 0 Å². The Hall–Kier alpha value is -1.12. The average Bonchev–Trinajstić information content (AvgIpc) is 2.43. The monoisotopic (exact) mass is 392 g/mol. The SMILES string of the molecule is CCN(CC(=O)NC(C)C)S(=O)(=O)c1ccc(OC)c(Br)c1. The zero-order valence-corrected chi connectivity index (χ0v) is 15.5. The number of benzene rings is 1. The van der Waals surface area contributed by atoms with Gasteiger partial charge in [-0.1, -0.05) is 6.92 Å². The second-order valence-corrected chi connectivity index (χ2v) is 7.74. The molecule has 0 saturated heterocycles. The van der Waals surface area contributed by atoms with Gasteiger partial charge in [0.05, 0.1) is 23.0 Å². The molecule has 1 rings (SSSR count). The first kappa shape index (κ1) is 18.9. The fraction of sp³-hybridized carbons (Fsp3) is 0.500. The number of likely N-dealkylation sites (N-methyl/N-ethyl adjacent to an activating group) is 1. The molecule has 0 aromatic heterocycles. The molecule has 22 heavy (non-hydrogen) atoms. The van der Waals surface area contributed by atoms with Crippen molar-refractivity contribution < 1.29 is 17.9 Å². The van der Waals surface area contributed by atoms with Crippen molar-refractivity contribution in [2.24, 2.45) is 0 Å². The number of ether oxygens (including phenoxy) is 1. The van der Waals surface area contributed by atoms with Crippen LogP contribution in [0.15, 0.2) is 27.6 Å². The predicted octanol–water partition coefficient (Wildman–Crippen LogP) is 1.99. The van der Waals surface area contributed by atoms with E-state index < -0.39 is 10.0 Å². The molecule has 0 aliphatic heterocycles. The molecule has 1 aromatic carbocycles. The summed E-state index contributed by atoms with van der Waals surface area (Å²) >= 11 is 3.27. The van der Waals surface area contributed by atoms with Gasteiger partial charge in [0.1, 0.15) is 5.75 Å². The number of rotatable bonds is 7. The van der Waals surface area contributed by atoms with Crippen molar-refractivity contribution >= 4 is 31.9 Å². The maximum Gasteiger partial charge on any atom is 0.243 e. The van der Waals surface area contributed by atoms with Gasteiger partial charge in [0.25, 0.3) is 0 Å². The zero-order valence-electron chi connectivity index (χ0n) is 13.1. The van der Waals surface area contributed by atoms with Gasteiger partial charge in [0, 0.05) is 12.6 Å². The number of amides is 1. The maximum atomic E-state index is 12.6. The number of nitrogens with one attached hydrogen (secondary N) is 1. The Morgan fingerprint density at radius 2 is 2.05 bits per heavy atom. The first-order valence-corrected chi connectivity index (χ1v) is 9.08. The summed E-state index contributed by atoms with van der Waals surface area (Å²) < 4.78 is 32.0. The van der Waals surface area contributed by atoms with Crippen molar-refractivity contribution in [3.05, 3.63) is 22.7 Å². The Labute approximate surface area is 140 Å². The molecule has 0 aliphatic carbocycles. The highest BCUT2D eigenvalue weighted by atomic mass is 79.9. The van der Waals surface area contributed by atoms with E-state index in [0.29, 0.717) is 10.2 Å². The van der Waals surface area contributed by atoms with E-state index in [0.717, 1.165) is 4.31 Å². The van der Waals surface area contributed by atoms with Crippen molar-refractivity contribution in [1.82, 2.24) is 9.62 Å². The van der Waals surface area contributed by atoms with Gasteiger partial charge in [-0.15, -0.1) is 0 Å². The van der Waals surface area contributed by atoms with Crippen LogP contribution in [0.5, 0.6) is 5.75 Å². The van der Waals surface area contributed by atoms with E-state index in [9.17, 15) is 13.2 Å². The van der Waals surface area contributed by atoms with Crippen molar-refractivity contribution in [3.8, 4) is 5.75 Å². The summed E-state index contributed by atoms with van der Waals surface area (Å²) in [6.45, 7) is 5.34. The van der Waals surface area contributed by atoms with E-state index >= 15 is 0 Å². The summed E-state index contributed by atoms with van der Waals surface area (Å²) in [6.07, 6.45) is 0.